The van der Waals surface area contributed by atoms with Gasteiger partial charge in [-0.3, -0.25) is 0 Å². The van der Waals surface area contributed by atoms with Crippen molar-refractivity contribution in [2.75, 3.05) is 18.9 Å². The predicted molar refractivity (Wildman–Crippen MR) is 81.2 cm³/mol. The molecule has 20 heavy (non-hydrogen) atoms. The first-order valence-electron chi connectivity index (χ1n) is 7.16. The summed E-state index contributed by atoms with van der Waals surface area (Å²) in [7, 11) is 0. The molecule has 1 saturated heterocycles. The van der Waals surface area contributed by atoms with Gasteiger partial charge < -0.3 is 14.5 Å². The second-order valence-electron chi connectivity index (χ2n) is 5.09. The first-order valence-corrected chi connectivity index (χ1v) is 8.15. The molecule has 0 bridgehead atoms. The Bertz CT molecular complexity index is 519. The van der Waals surface area contributed by atoms with E-state index in [1.54, 1.807) is 11.8 Å². The van der Waals surface area contributed by atoms with Crippen molar-refractivity contribution in [3.05, 3.63) is 24.3 Å². The molecule has 0 amide bonds. The van der Waals surface area contributed by atoms with Crippen LogP contribution in [0.15, 0.2) is 33.9 Å². The molecule has 1 aliphatic heterocycles. The maximum atomic E-state index is 5.67. The standard InChI is InChI=1S/C15H20N2O2S/c1-11(13-7-4-9-18-13)16-8-10-20-15-17-12-5-2-3-6-14(12)19-15/h2-3,5-6,11,13,16H,4,7-10H2,1H3. The Balaban J connectivity index is 1.43. The van der Waals surface area contributed by atoms with Crippen molar-refractivity contribution in [3.8, 4) is 0 Å². The maximum Gasteiger partial charge on any atom is 0.256 e. The predicted octanol–water partition coefficient (Wildman–Crippen LogP) is 3.08. The van der Waals surface area contributed by atoms with Gasteiger partial charge in [0, 0.05) is 24.9 Å². The first-order chi connectivity index (χ1) is 9.83. The molecule has 5 heteroatoms. The van der Waals surface area contributed by atoms with E-state index >= 15 is 0 Å². The van der Waals surface area contributed by atoms with Crippen LogP contribution >= 0.6 is 11.8 Å². The van der Waals surface area contributed by atoms with Gasteiger partial charge in [-0.1, -0.05) is 23.9 Å². The van der Waals surface area contributed by atoms with E-state index in [2.05, 4.69) is 17.2 Å². The van der Waals surface area contributed by atoms with E-state index in [0.717, 1.165) is 35.2 Å². The van der Waals surface area contributed by atoms with E-state index in [1.165, 1.54) is 12.8 Å². The lowest BCUT2D eigenvalue weighted by molar-refractivity contribution is 0.0844. The van der Waals surface area contributed by atoms with Crippen LogP contribution in [0.5, 0.6) is 0 Å². The molecule has 2 unspecified atom stereocenters. The number of para-hydroxylation sites is 2. The molecule has 1 N–H and O–H groups in total. The lowest BCUT2D eigenvalue weighted by atomic mass is 10.1. The monoisotopic (exact) mass is 292 g/mol. The number of nitrogens with one attached hydrogen (secondary N) is 1. The molecule has 108 valence electrons. The molecule has 2 aromatic rings. The second-order valence-corrected chi connectivity index (χ2v) is 6.14. The zero-order chi connectivity index (χ0) is 13.8. The third kappa shape index (κ3) is 3.34. The lowest BCUT2D eigenvalue weighted by Crippen LogP contribution is -2.38. The lowest BCUT2D eigenvalue weighted by Gasteiger charge is -2.19. The fraction of sp³-hybridized carbons (Fsp3) is 0.533. The number of oxazole rings is 1. The van der Waals surface area contributed by atoms with E-state index in [-0.39, 0.29) is 0 Å². The molecule has 2 heterocycles. The van der Waals surface area contributed by atoms with Gasteiger partial charge in [0.2, 0.25) is 0 Å². The van der Waals surface area contributed by atoms with Gasteiger partial charge in [0.1, 0.15) is 5.52 Å². The average molecular weight is 292 g/mol. The molecule has 1 aliphatic rings. The third-order valence-electron chi connectivity index (χ3n) is 3.59. The van der Waals surface area contributed by atoms with Crippen LogP contribution in [0.2, 0.25) is 0 Å². The summed E-state index contributed by atoms with van der Waals surface area (Å²) < 4.78 is 11.3. The Morgan fingerprint density at radius 2 is 2.35 bits per heavy atom. The zero-order valence-electron chi connectivity index (χ0n) is 11.7. The first kappa shape index (κ1) is 13.9. The highest BCUT2D eigenvalue weighted by atomic mass is 32.2. The highest BCUT2D eigenvalue weighted by Gasteiger charge is 2.21. The Hall–Kier alpha value is -1.04. The average Bonchev–Trinajstić information content (AvgIpc) is 3.11. The molecule has 3 rings (SSSR count). The molecule has 2 atom stereocenters. The number of fused-ring (bicyclic) bond motifs is 1. The van der Waals surface area contributed by atoms with E-state index in [4.69, 9.17) is 9.15 Å². The molecular weight excluding hydrogens is 272 g/mol. The molecule has 0 spiro atoms. The van der Waals surface area contributed by atoms with Crippen molar-refractivity contribution >= 4 is 22.9 Å². The van der Waals surface area contributed by atoms with Gasteiger partial charge in [-0.2, -0.15) is 0 Å². The summed E-state index contributed by atoms with van der Waals surface area (Å²) in [6, 6.07) is 8.28. The molecular formula is C15H20N2O2S. The summed E-state index contributed by atoms with van der Waals surface area (Å²) >= 11 is 1.65. The van der Waals surface area contributed by atoms with Crippen molar-refractivity contribution in [1.82, 2.24) is 10.3 Å². The fourth-order valence-corrected chi connectivity index (χ4v) is 3.17. The molecule has 1 aromatic carbocycles. The minimum absolute atomic E-state index is 0.379. The molecule has 0 aliphatic carbocycles. The zero-order valence-corrected chi connectivity index (χ0v) is 12.5. The number of benzene rings is 1. The van der Waals surface area contributed by atoms with Gasteiger partial charge in [-0.25, -0.2) is 4.98 Å². The fourth-order valence-electron chi connectivity index (χ4n) is 2.47. The molecule has 1 aromatic heterocycles. The van der Waals surface area contributed by atoms with Crippen LogP contribution in [-0.4, -0.2) is 36.0 Å². The molecule has 0 radical (unpaired) electrons. The van der Waals surface area contributed by atoms with Gasteiger partial charge in [-0.15, -0.1) is 0 Å². The van der Waals surface area contributed by atoms with Crippen molar-refractivity contribution in [1.29, 1.82) is 0 Å². The summed E-state index contributed by atoms with van der Waals surface area (Å²) in [5.74, 6) is 0.948. The Kier molecular flexibility index (Phi) is 4.60. The van der Waals surface area contributed by atoms with Crippen LogP contribution < -0.4 is 5.32 Å². The van der Waals surface area contributed by atoms with E-state index in [0.29, 0.717) is 12.1 Å². The van der Waals surface area contributed by atoms with Gasteiger partial charge in [0.05, 0.1) is 6.10 Å². The Morgan fingerprint density at radius 3 is 3.15 bits per heavy atom. The number of rotatable bonds is 6. The number of thioether (sulfide) groups is 1. The van der Waals surface area contributed by atoms with Crippen molar-refractivity contribution in [2.24, 2.45) is 0 Å². The Labute approximate surface area is 123 Å². The minimum Gasteiger partial charge on any atom is -0.431 e. The van der Waals surface area contributed by atoms with Gasteiger partial charge >= 0.3 is 0 Å². The number of ether oxygens (including phenoxy) is 1. The molecule has 4 nitrogen and oxygen atoms in total. The van der Waals surface area contributed by atoms with Crippen LogP contribution in [-0.2, 0) is 4.74 Å². The van der Waals surface area contributed by atoms with Crippen LogP contribution in [0, 0.1) is 0 Å². The highest BCUT2D eigenvalue weighted by Crippen LogP contribution is 2.22. The molecule has 1 fully saturated rings. The smallest absolute Gasteiger partial charge is 0.256 e. The molecule has 0 saturated carbocycles. The van der Waals surface area contributed by atoms with Crippen molar-refractivity contribution < 1.29 is 9.15 Å². The largest absolute Gasteiger partial charge is 0.431 e. The number of nitrogens with zero attached hydrogens (tertiary/aromatic N) is 1. The highest BCUT2D eigenvalue weighted by molar-refractivity contribution is 7.99. The number of hydrogen-bond acceptors (Lipinski definition) is 5. The summed E-state index contributed by atoms with van der Waals surface area (Å²) in [6.45, 7) is 4.04. The van der Waals surface area contributed by atoms with Crippen LogP contribution in [0.25, 0.3) is 11.1 Å². The topological polar surface area (TPSA) is 47.3 Å². The van der Waals surface area contributed by atoms with Gasteiger partial charge in [-0.05, 0) is 31.9 Å². The third-order valence-corrected chi connectivity index (χ3v) is 4.42. The SMILES string of the molecule is CC(NCCSc1nc2ccccc2o1)C1CCCO1. The van der Waals surface area contributed by atoms with Crippen LogP contribution in [0.4, 0.5) is 0 Å². The van der Waals surface area contributed by atoms with Crippen molar-refractivity contribution in [3.63, 3.8) is 0 Å². The summed E-state index contributed by atoms with van der Waals surface area (Å²) in [4.78, 5) is 4.45. The van der Waals surface area contributed by atoms with Gasteiger partial charge in [0.25, 0.3) is 5.22 Å². The van der Waals surface area contributed by atoms with E-state index in [9.17, 15) is 0 Å². The quantitative estimate of drug-likeness (QED) is 0.655. The van der Waals surface area contributed by atoms with E-state index < -0.39 is 0 Å². The summed E-state index contributed by atoms with van der Waals surface area (Å²) in [5, 5.41) is 4.26. The Morgan fingerprint density at radius 1 is 1.45 bits per heavy atom. The second kappa shape index (κ2) is 6.61. The van der Waals surface area contributed by atoms with Gasteiger partial charge in [0.15, 0.2) is 5.58 Å². The minimum atomic E-state index is 0.379. The van der Waals surface area contributed by atoms with Crippen LogP contribution in [0.1, 0.15) is 19.8 Å². The summed E-state index contributed by atoms with van der Waals surface area (Å²) in [6.07, 6.45) is 2.74. The van der Waals surface area contributed by atoms with Crippen molar-refractivity contribution in [2.45, 2.75) is 37.1 Å². The van der Waals surface area contributed by atoms with Crippen LogP contribution in [0.3, 0.4) is 0 Å². The summed E-state index contributed by atoms with van der Waals surface area (Å²) in [5.41, 5.74) is 1.78. The van der Waals surface area contributed by atoms with E-state index in [1.807, 2.05) is 24.3 Å². The normalized spacial score (nSPS) is 20.6. The number of aromatic nitrogens is 1. The number of hydrogen-bond donors (Lipinski definition) is 1. The maximum absolute atomic E-state index is 5.67.